The largest absolute Gasteiger partial charge is 0.481 e. The Labute approximate surface area is 85.6 Å². The van der Waals surface area contributed by atoms with E-state index in [-0.39, 0.29) is 19.6 Å². The summed E-state index contributed by atoms with van der Waals surface area (Å²) in [5, 5.41) is 8.33. The van der Waals surface area contributed by atoms with Crippen molar-refractivity contribution in [3.8, 4) is 0 Å². The predicted molar refractivity (Wildman–Crippen MR) is 46.6 cm³/mol. The Bertz CT molecular complexity index is 196. The number of ether oxygens (including phenoxy) is 1. The molecule has 0 spiro atoms. The van der Waals surface area contributed by atoms with Crippen LogP contribution in [-0.2, 0) is 9.53 Å². The summed E-state index contributed by atoms with van der Waals surface area (Å²) in [7, 11) is 1.62. The van der Waals surface area contributed by atoms with Gasteiger partial charge in [0.05, 0.1) is 13.0 Å². The van der Waals surface area contributed by atoms with Gasteiger partial charge in [0.25, 0.3) is 0 Å². The smallest absolute Gasteiger partial charge is 0.411 e. The molecule has 0 rings (SSSR count). The van der Waals surface area contributed by atoms with Crippen LogP contribution in [0.2, 0.25) is 0 Å². The lowest BCUT2D eigenvalue weighted by molar-refractivity contribution is -0.174. The van der Waals surface area contributed by atoms with Crippen LogP contribution in [0.25, 0.3) is 0 Å². The van der Waals surface area contributed by atoms with Gasteiger partial charge in [0.15, 0.2) is 0 Å². The molecule has 0 atom stereocenters. The van der Waals surface area contributed by atoms with E-state index in [0.717, 1.165) is 0 Å². The van der Waals surface area contributed by atoms with Crippen molar-refractivity contribution in [2.24, 2.45) is 0 Å². The number of carbonyl (C=O) groups is 1. The molecule has 4 nitrogen and oxygen atoms in total. The summed E-state index contributed by atoms with van der Waals surface area (Å²) in [6, 6.07) is 0. The second-order valence-electron chi connectivity index (χ2n) is 3.11. The van der Waals surface area contributed by atoms with Crippen molar-refractivity contribution in [1.82, 2.24) is 4.90 Å². The third-order valence-electron chi connectivity index (χ3n) is 1.59. The number of rotatable bonds is 7. The second-order valence-corrected chi connectivity index (χ2v) is 3.11. The molecule has 0 unspecified atom stereocenters. The van der Waals surface area contributed by atoms with E-state index in [1.807, 2.05) is 0 Å². The molecule has 0 fully saturated rings. The average molecular weight is 229 g/mol. The Morgan fingerprint density at radius 2 is 2.00 bits per heavy atom. The molecular formula is C8H14F3NO3. The molecule has 0 bridgehead atoms. The quantitative estimate of drug-likeness (QED) is 0.661. The third kappa shape index (κ3) is 11.1. The molecule has 0 saturated heterocycles. The van der Waals surface area contributed by atoms with Crippen molar-refractivity contribution in [3.63, 3.8) is 0 Å². The van der Waals surface area contributed by atoms with E-state index in [2.05, 4.69) is 4.74 Å². The maximum atomic E-state index is 11.6. The number of hydrogen-bond acceptors (Lipinski definition) is 3. The van der Waals surface area contributed by atoms with E-state index in [1.54, 1.807) is 11.9 Å². The van der Waals surface area contributed by atoms with Gasteiger partial charge in [-0.05, 0) is 7.05 Å². The van der Waals surface area contributed by atoms with E-state index < -0.39 is 18.8 Å². The summed E-state index contributed by atoms with van der Waals surface area (Å²) in [5.74, 6) is -0.932. The lowest BCUT2D eigenvalue weighted by Gasteiger charge is -2.15. The van der Waals surface area contributed by atoms with E-state index in [4.69, 9.17) is 5.11 Å². The number of carboxylic acids is 1. The van der Waals surface area contributed by atoms with E-state index in [0.29, 0.717) is 6.54 Å². The second kappa shape index (κ2) is 6.62. The first-order valence-electron chi connectivity index (χ1n) is 4.36. The summed E-state index contributed by atoms with van der Waals surface area (Å²) >= 11 is 0. The summed E-state index contributed by atoms with van der Waals surface area (Å²) < 4.78 is 39.2. The lowest BCUT2D eigenvalue weighted by Crippen LogP contribution is -2.27. The number of likely N-dealkylation sites (N-methyl/N-ethyl adjacent to an activating group) is 1. The Kier molecular flexibility index (Phi) is 6.26. The number of alkyl halides is 3. The number of nitrogens with zero attached hydrogens (tertiary/aromatic N) is 1. The summed E-state index contributed by atoms with van der Waals surface area (Å²) in [6.45, 7) is -0.747. The van der Waals surface area contributed by atoms with Gasteiger partial charge < -0.3 is 14.7 Å². The van der Waals surface area contributed by atoms with Crippen molar-refractivity contribution in [2.75, 3.05) is 33.4 Å². The van der Waals surface area contributed by atoms with Crippen LogP contribution < -0.4 is 0 Å². The van der Waals surface area contributed by atoms with Crippen LogP contribution in [-0.4, -0.2) is 55.5 Å². The minimum absolute atomic E-state index is 0.0320. The Morgan fingerprint density at radius 1 is 1.40 bits per heavy atom. The maximum absolute atomic E-state index is 11.6. The highest BCUT2D eigenvalue weighted by Crippen LogP contribution is 2.14. The van der Waals surface area contributed by atoms with Gasteiger partial charge in [-0.25, -0.2) is 0 Å². The highest BCUT2D eigenvalue weighted by Gasteiger charge is 2.27. The molecule has 0 radical (unpaired) electrons. The van der Waals surface area contributed by atoms with Gasteiger partial charge in [0.2, 0.25) is 0 Å². The van der Waals surface area contributed by atoms with Gasteiger partial charge in [-0.15, -0.1) is 0 Å². The topological polar surface area (TPSA) is 49.8 Å². The molecule has 90 valence electrons. The molecule has 0 saturated carbocycles. The fourth-order valence-corrected chi connectivity index (χ4v) is 0.807. The fourth-order valence-electron chi connectivity index (χ4n) is 0.807. The summed E-state index contributed by atoms with van der Waals surface area (Å²) in [5.41, 5.74) is 0. The first kappa shape index (κ1) is 14.2. The van der Waals surface area contributed by atoms with Crippen molar-refractivity contribution in [1.29, 1.82) is 0 Å². The molecule has 7 heteroatoms. The van der Waals surface area contributed by atoms with E-state index in [9.17, 15) is 18.0 Å². The molecule has 0 aliphatic rings. The molecule has 0 heterocycles. The molecule has 0 aromatic heterocycles. The normalized spacial score (nSPS) is 12.1. The molecule has 0 aliphatic carbocycles. The van der Waals surface area contributed by atoms with Crippen molar-refractivity contribution < 1.29 is 27.8 Å². The average Bonchev–Trinajstić information content (AvgIpc) is 2.07. The number of halogens is 3. The first-order valence-corrected chi connectivity index (χ1v) is 4.36. The standard InChI is InChI=1S/C8H14F3NO3/c1-12(3-2-7(13)14)4-5-15-6-8(9,10)11/h2-6H2,1H3,(H,13,14). The highest BCUT2D eigenvalue weighted by molar-refractivity contribution is 5.66. The van der Waals surface area contributed by atoms with E-state index in [1.165, 1.54) is 0 Å². The van der Waals surface area contributed by atoms with Gasteiger partial charge in [-0.1, -0.05) is 0 Å². The highest BCUT2D eigenvalue weighted by atomic mass is 19.4. The monoisotopic (exact) mass is 229 g/mol. The van der Waals surface area contributed by atoms with Gasteiger partial charge >= 0.3 is 12.1 Å². The molecule has 15 heavy (non-hydrogen) atoms. The first-order chi connectivity index (χ1) is 6.81. The third-order valence-corrected chi connectivity index (χ3v) is 1.59. The predicted octanol–water partition coefficient (Wildman–Crippen LogP) is 0.972. The molecule has 0 aliphatic heterocycles. The molecule has 0 aromatic rings. The Morgan fingerprint density at radius 3 is 2.47 bits per heavy atom. The van der Waals surface area contributed by atoms with Crippen LogP contribution in [0.3, 0.4) is 0 Å². The zero-order valence-corrected chi connectivity index (χ0v) is 8.38. The van der Waals surface area contributed by atoms with Crippen LogP contribution in [0.4, 0.5) is 13.2 Å². The zero-order valence-electron chi connectivity index (χ0n) is 8.38. The minimum Gasteiger partial charge on any atom is -0.481 e. The van der Waals surface area contributed by atoms with Crippen LogP contribution in [0.15, 0.2) is 0 Å². The fraction of sp³-hybridized carbons (Fsp3) is 0.875. The van der Waals surface area contributed by atoms with Gasteiger partial charge in [0.1, 0.15) is 6.61 Å². The molecule has 0 aromatic carbocycles. The minimum atomic E-state index is -4.31. The SMILES string of the molecule is CN(CCOCC(F)(F)F)CCC(=O)O. The lowest BCUT2D eigenvalue weighted by atomic mass is 10.4. The van der Waals surface area contributed by atoms with Crippen LogP contribution in [0.5, 0.6) is 0 Å². The van der Waals surface area contributed by atoms with Crippen LogP contribution in [0, 0.1) is 0 Å². The Balaban J connectivity index is 3.39. The molecule has 1 N–H and O–H groups in total. The van der Waals surface area contributed by atoms with Crippen molar-refractivity contribution >= 4 is 5.97 Å². The summed E-state index contributed by atoms with van der Waals surface area (Å²) in [6.07, 6.45) is -4.34. The van der Waals surface area contributed by atoms with Crippen LogP contribution in [0.1, 0.15) is 6.42 Å². The van der Waals surface area contributed by atoms with Crippen molar-refractivity contribution in [3.05, 3.63) is 0 Å². The number of hydrogen-bond donors (Lipinski definition) is 1. The van der Waals surface area contributed by atoms with Gasteiger partial charge in [-0.3, -0.25) is 4.79 Å². The zero-order chi connectivity index (χ0) is 11.9. The van der Waals surface area contributed by atoms with Gasteiger partial charge in [-0.2, -0.15) is 13.2 Å². The van der Waals surface area contributed by atoms with Crippen molar-refractivity contribution in [2.45, 2.75) is 12.6 Å². The molecule has 0 amide bonds. The van der Waals surface area contributed by atoms with Crippen LogP contribution >= 0.6 is 0 Å². The number of aliphatic carboxylic acids is 1. The number of carboxylic acid groups (broad SMARTS) is 1. The van der Waals surface area contributed by atoms with E-state index >= 15 is 0 Å². The summed E-state index contributed by atoms with van der Waals surface area (Å²) in [4.78, 5) is 11.8. The molecular weight excluding hydrogens is 215 g/mol. The maximum Gasteiger partial charge on any atom is 0.411 e. The van der Waals surface area contributed by atoms with Gasteiger partial charge in [0, 0.05) is 13.1 Å². The Hall–Kier alpha value is -0.820.